The van der Waals surface area contributed by atoms with E-state index in [1.54, 1.807) is 29.2 Å². The van der Waals surface area contributed by atoms with Crippen LogP contribution in [0.3, 0.4) is 0 Å². The number of benzene rings is 2. The van der Waals surface area contributed by atoms with Gasteiger partial charge in [-0.15, -0.1) is 0 Å². The lowest BCUT2D eigenvalue weighted by molar-refractivity contribution is 0.0708. The molecule has 26 heavy (non-hydrogen) atoms. The minimum Gasteiger partial charge on any atom is -0.444 e. The second kappa shape index (κ2) is 6.71. The van der Waals surface area contributed by atoms with E-state index in [9.17, 15) is 9.59 Å². The number of piperidine rings is 1. The van der Waals surface area contributed by atoms with Gasteiger partial charge in [0.15, 0.2) is 0 Å². The number of fused-ring (bicyclic) bond motifs is 1. The summed E-state index contributed by atoms with van der Waals surface area (Å²) in [6.07, 6.45) is 1.15. The van der Waals surface area contributed by atoms with Gasteiger partial charge >= 0.3 is 6.09 Å². The predicted octanol–water partition coefficient (Wildman–Crippen LogP) is 3.03. The van der Waals surface area contributed by atoms with Crippen molar-refractivity contribution in [1.29, 1.82) is 0 Å². The van der Waals surface area contributed by atoms with Gasteiger partial charge in [0.1, 0.15) is 6.61 Å². The van der Waals surface area contributed by atoms with Crippen LogP contribution in [0, 0.1) is 0 Å². The molecule has 2 aliphatic heterocycles. The van der Waals surface area contributed by atoms with Gasteiger partial charge in [0.2, 0.25) is 0 Å². The van der Waals surface area contributed by atoms with Crippen molar-refractivity contribution in [3.05, 3.63) is 59.7 Å². The third-order valence-corrected chi connectivity index (χ3v) is 5.07. The summed E-state index contributed by atoms with van der Waals surface area (Å²) in [6, 6.07) is 14.8. The van der Waals surface area contributed by atoms with Crippen molar-refractivity contribution < 1.29 is 14.3 Å². The molecule has 0 spiro atoms. The number of nitrogens with two attached hydrogens (primary N) is 1. The minimum absolute atomic E-state index is 0.00470. The van der Waals surface area contributed by atoms with Crippen LogP contribution in [0.25, 0.3) is 0 Å². The Morgan fingerprint density at radius 1 is 1.04 bits per heavy atom. The van der Waals surface area contributed by atoms with Gasteiger partial charge < -0.3 is 15.4 Å². The number of hydrogen-bond acceptors (Lipinski definition) is 4. The van der Waals surface area contributed by atoms with Crippen LogP contribution in [0.15, 0.2) is 48.5 Å². The molecule has 2 aromatic rings. The number of hydrogen-bond donors (Lipinski definition) is 1. The average molecular weight is 351 g/mol. The van der Waals surface area contributed by atoms with Crippen LogP contribution in [0.1, 0.15) is 28.8 Å². The fourth-order valence-electron chi connectivity index (χ4n) is 3.66. The Balaban J connectivity index is 1.46. The van der Waals surface area contributed by atoms with Gasteiger partial charge in [-0.05, 0) is 43.2 Å². The highest BCUT2D eigenvalue weighted by Gasteiger charge is 2.35. The van der Waals surface area contributed by atoms with Gasteiger partial charge in [-0.1, -0.05) is 18.2 Å². The molecule has 0 bridgehead atoms. The SMILES string of the molecule is Nc1ccc(C(=O)N2CCC(N3C(=O)OCc4ccccc43)CC2)cc1. The fourth-order valence-corrected chi connectivity index (χ4v) is 3.66. The molecule has 4 rings (SSSR count). The maximum Gasteiger partial charge on any atom is 0.414 e. The van der Waals surface area contributed by atoms with Crippen LogP contribution >= 0.6 is 0 Å². The van der Waals surface area contributed by atoms with Crippen molar-refractivity contribution in [1.82, 2.24) is 4.90 Å². The van der Waals surface area contributed by atoms with Gasteiger partial charge in [0.25, 0.3) is 5.91 Å². The molecule has 1 fully saturated rings. The summed E-state index contributed by atoms with van der Waals surface area (Å²) in [4.78, 5) is 28.6. The predicted molar refractivity (Wildman–Crippen MR) is 98.9 cm³/mol. The Bertz CT molecular complexity index is 826. The standard InChI is InChI=1S/C20H21N3O3/c21-16-7-5-14(6-8-16)19(24)22-11-9-17(10-12-22)23-18-4-2-1-3-15(18)13-26-20(23)25/h1-8,17H,9-13,21H2. The van der Waals surface area contributed by atoms with Crippen molar-refractivity contribution in [2.24, 2.45) is 0 Å². The van der Waals surface area contributed by atoms with E-state index in [2.05, 4.69) is 0 Å². The molecule has 2 aromatic carbocycles. The number of rotatable bonds is 2. The van der Waals surface area contributed by atoms with E-state index in [1.165, 1.54) is 0 Å². The van der Waals surface area contributed by atoms with Crippen LogP contribution in [-0.2, 0) is 11.3 Å². The third-order valence-electron chi connectivity index (χ3n) is 5.07. The van der Waals surface area contributed by atoms with Crippen molar-refractivity contribution in [2.45, 2.75) is 25.5 Å². The first kappa shape index (κ1) is 16.4. The molecule has 6 heteroatoms. The number of nitrogen functional groups attached to an aromatic ring is 1. The lowest BCUT2D eigenvalue weighted by Gasteiger charge is -2.40. The molecular formula is C20H21N3O3. The van der Waals surface area contributed by atoms with Crippen molar-refractivity contribution in [2.75, 3.05) is 23.7 Å². The van der Waals surface area contributed by atoms with E-state index in [0.29, 0.717) is 30.9 Å². The highest BCUT2D eigenvalue weighted by molar-refractivity contribution is 5.95. The highest BCUT2D eigenvalue weighted by Crippen LogP contribution is 2.32. The maximum absolute atomic E-state index is 12.6. The smallest absolute Gasteiger partial charge is 0.414 e. The Labute approximate surface area is 152 Å². The summed E-state index contributed by atoms with van der Waals surface area (Å²) in [5.41, 5.74) is 8.91. The first-order valence-electron chi connectivity index (χ1n) is 8.82. The molecule has 6 nitrogen and oxygen atoms in total. The van der Waals surface area contributed by atoms with Gasteiger partial charge in [0, 0.05) is 35.9 Å². The largest absolute Gasteiger partial charge is 0.444 e. The Morgan fingerprint density at radius 2 is 1.73 bits per heavy atom. The van der Waals surface area contributed by atoms with E-state index >= 15 is 0 Å². The molecular weight excluding hydrogens is 330 g/mol. The summed E-state index contributed by atoms with van der Waals surface area (Å²) < 4.78 is 5.32. The number of anilines is 2. The van der Waals surface area contributed by atoms with Crippen LogP contribution in [0.2, 0.25) is 0 Å². The Kier molecular flexibility index (Phi) is 4.24. The summed E-state index contributed by atoms with van der Waals surface area (Å²) in [6.45, 7) is 1.54. The molecule has 0 unspecified atom stereocenters. The van der Waals surface area contributed by atoms with E-state index in [4.69, 9.17) is 10.5 Å². The quantitative estimate of drug-likeness (QED) is 0.844. The number of para-hydroxylation sites is 1. The first-order valence-corrected chi connectivity index (χ1v) is 8.82. The van der Waals surface area contributed by atoms with Gasteiger partial charge in [0.05, 0.1) is 5.69 Å². The minimum atomic E-state index is -0.299. The van der Waals surface area contributed by atoms with Crippen LogP contribution in [-0.4, -0.2) is 36.0 Å². The topological polar surface area (TPSA) is 75.9 Å². The molecule has 0 aliphatic carbocycles. The number of carbonyl (C=O) groups is 2. The molecule has 0 saturated carbocycles. The van der Waals surface area contributed by atoms with Gasteiger partial charge in [-0.2, -0.15) is 0 Å². The Hall–Kier alpha value is -3.02. The van der Waals surface area contributed by atoms with Crippen LogP contribution in [0.5, 0.6) is 0 Å². The van der Waals surface area contributed by atoms with Gasteiger partial charge in [-0.25, -0.2) is 4.79 Å². The van der Waals surface area contributed by atoms with Crippen LogP contribution < -0.4 is 10.6 Å². The summed E-state index contributed by atoms with van der Waals surface area (Å²) in [5.74, 6) is 0.00470. The fraction of sp³-hybridized carbons (Fsp3) is 0.300. The second-order valence-electron chi connectivity index (χ2n) is 6.70. The number of cyclic esters (lactones) is 1. The van der Waals surface area contributed by atoms with E-state index in [0.717, 1.165) is 24.1 Å². The molecule has 2 heterocycles. The number of carbonyl (C=O) groups excluding carboxylic acids is 2. The number of likely N-dealkylation sites (tertiary alicyclic amines) is 1. The lowest BCUT2D eigenvalue weighted by Crippen LogP contribution is -2.50. The summed E-state index contributed by atoms with van der Waals surface area (Å²) >= 11 is 0. The Morgan fingerprint density at radius 3 is 2.46 bits per heavy atom. The molecule has 0 atom stereocenters. The van der Waals surface area contributed by atoms with Crippen molar-refractivity contribution >= 4 is 23.4 Å². The molecule has 2 N–H and O–H groups in total. The number of amides is 2. The zero-order valence-corrected chi connectivity index (χ0v) is 14.4. The third kappa shape index (κ3) is 2.98. The summed E-state index contributed by atoms with van der Waals surface area (Å²) in [5, 5.41) is 0. The normalized spacial score (nSPS) is 17.6. The zero-order valence-electron chi connectivity index (χ0n) is 14.4. The molecule has 134 valence electrons. The summed E-state index contributed by atoms with van der Waals surface area (Å²) in [7, 11) is 0. The number of ether oxygens (including phenoxy) is 1. The second-order valence-corrected chi connectivity index (χ2v) is 6.70. The first-order chi connectivity index (χ1) is 12.6. The molecule has 2 amide bonds. The average Bonchev–Trinajstić information content (AvgIpc) is 2.68. The number of nitrogens with zero attached hydrogens (tertiary/aromatic N) is 2. The highest BCUT2D eigenvalue weighted by atomic mass is 16.6. The van der Waals surface area contributed by atoms with Crippen molar-refractivity contribution in [3.63, 3.8) is 0 Å². The monoisotopic (exact) mass is 351 g/mol. The molecule has 0 radical (unpaired) electrons. The van der Waals surface area contributed by atoms with Gasteiger partial charge in [-0.3, -0.25) is 9.69 Å². The van der Waals surface area contributed by atoms with Crippen molar-refractivity contribution in [3.8, 4) is 0 Å². The van der Waals surface area contributed by atoms with Crippen LogP contribution in [0.4, 0.5) is 16.2 Å². The van der Waals surface area contributed by atoms with E-state index in [1.807, 2.05) is 29.2 Å². The molecule has 1 saturated heterocycles. The molecule has 0 aromatic heterocycles. The van der Waals surface area contributed by atoms with E-state index in [-0.39, 0.29) is 18.0 Å². The zero-order chi connectivity index (χ0) is 18.1. The molecule has 2 aliphatic rings. The lowest BCUT2D eigenvalue weighted by atomic mass is 10.00. The van der Waals surface area contributed by atoms with E-state index < -0.39 is 0 Å². The maximum atomic E-state index is 12.6.